The van der Waals surface area contributed by atoms with E-state index >= 15 is 0 Å². The average Bonchev–Trinajstić information content (AvgIpc) is 2.86. The molecular weight excluding hydrogens is 248 g/mol. The fraction of sp³-hybridized carbons (Fsp3) is 0.176. The minimum atomic E-state index is 0.629. The van der Waals surface area contributed by atoms with E-state index in [4.69, 9.17) is 10.5 Å². The molecule has 1 aromatic heterocycles. The van der Waals surface area contributed by atoms with Gasteiger partial charge in [0.2, 0.25) is 0 Å². The molecule has 0 unspecified atom stereocenters. The Morgan fingerprint density at radius 2 is 1.80 bits per heavy atom. The molecule has 3 heteroatoms. The standard InChI is InChI=1S/C17H18N2O/c1-20-16-9-5-3-7-14(16)17-13(10-11-18)12-6-2-4-8-15(12)19-17/h2-9,19H,10-11,18H2,1H3. The summed E-state index contributed by atoms with van der Waals surface area (Å²) < 4.78 is 5.48. The second-order valence-corrected chi connectivity index (χ2v) is 4.76. The number of aromatic nitrogens is 1. The van der Waals surface area contributed by atoms with Crippen molar-refractivity contribution in [3.63, 3.8) is 0 Å². The molecule has 3 aromatic rings. The van der Waals surface area contributed by atoms with E-state index < -0.39 is 0 Å². The average molecular weight is 266 g/mol. The van der Waals surface area contributed by atoms with Crippen LogP contribution in [0.5, 0.6) is 5.75 Å². The molecule has 3 rings (SSSR count). The minimum Gasteiger partial charge on any atom is -0.496 e. The van der Waals surface area contributed by atoms with Gasteiger partial charge in [0, 0.05) is 16.5 Å². The molecule has 0 spiro atoms. The van der Waals surface area contributed by atoms with E-state index in [0.29, 0.717) is 6.54 Å². The predicted molar refractivity (Wildman–Crippen MR) is 83.0 cm³/mol. The van der Waals surface area contributed by atoms with Crippen molar-refractivity contribution >= 4 is 10.9 Å². The van der Waals surface area contributed by atoms with Gasteiger partial charge in [0.25, 0.3) is 0 Å². The molecule has 1 heterocycles. The summed E-state index contributed by atoms with van der Waals surface area (Å²) in [5.41, 5.74) is 10.4. The van der Waals surface area contributed by atoms with Crippen LogP contribution >= 0.6 is 0 Å². The first-order chi connectivity index (χ1) is 9.85. The van der Waals surface area contributed by atoms with Gasteiger partial charge in [-0.25, -0.2) is 0 Å². The lowest BCUT2D eigenvalue weighted by atomic mass is 10.0. The van der Waals surface area contributed by atoms with Crippen LogP contribution in [0.15, 0.2) is 48.5 Å². The van der Waals surface area contributed by atoms with Crippen molar-refractivity contribution < 1.29 is 4.74 Å². The first kappa shape index (κ1) is 12.8. The van der Waals surface area contributed by atoms with Crippen LogP contribution in [0.3, 0.4) is 0 Å². The van der Waals surface area contributed by atoms with Gasteiger partial charge >= 0.3 is 0 Å². The molecule has 0 atom stereocenters. The van der Waals surface area contributed by atoms with Gasteiger partial charge in [-0.15, -0.1) is 0 Å². The Morgan fingerprint density at radius 3 is 2.60 bits per heavy atom. The van der Waals surface area contributed by atoms with Crippen molar-refractivity contribution in [2.24, 2.45) is 5.73 Å². The minimum absolute atomic E-state index is 0.629. The highest BCUT2D eigenvalue weighted by molar-refractivity contribution is 5.91. The van der Waals surface area contributed by atoms with Gasteiger partial charge in [-0.3, -0.25) is 0 Å². The molecule has 102 valence electrons. The smallest absolute Gasteiger partial charge is 0.128 e. The predicted octanol–water partition coefficient (Wildman–Crippen LogP) is 3.34. The molecule has 3 N–H and O–H groups in total. The van der Waals surface area contributed by atoms with Gasteiger partial charge in [-0.2, -0.15) is 0 Å². The number of fused-ring (bicyclic) bond motifs is 1. The normalized spacial score (nSPS) is 10.9. The van der Waals surface area contributed by atoms with Crippen LogP contribution in [-0.2, 0) is 6.42 Å². The van der Waals surface area contributed by atoms with E-state index in [1.807, 2.05) is 24.3 Å². The number of hydrogen-bond acceptors (Lipinski definition) is 2. The molecule has 0 bridgehead atoms. The summed E-state index contributed by atoms with van der Waals surface area (Å²) in [5.74, 6) is 0.873. The lowest BCUT2D eigenvalue weighted by Gasteiger charge is -2.09. The third-order valence-corrected chi connectivity index (χ3v) is 3.58. The first-order valence-electron chi connectivity index (χ1n) is 6.78. The topological polar surface area (TPSA) is 51.0 Å². The second-order valence-electron chi connectivity index (χ2n) is 4.76. The number of para-hydroxylation sites is 2. The molecule has 0 aliphatic heterocycles. The summed E-state index contributed by atoms with van der Waals surface area (Å²) in [6.45, 7) is 0.629. The van der Waals surface area contributed by atoms with E-state index in [2.05, 4.69) is 29.2 Å². The highest BCUT2D eigenvalue weighted by atomic mass is 16.5. The SMILES string of the molecule is COc1ccccc1-c1[nH]c2ccccc2c1CCN. The van der Waals surface area contributed by atoms with Crippen molar-refractivity contribution in [1.29, 1.82) is 0 Å². The van der Waals surface area contributed by atoms with Gasteiger partial charge in [0.15, 0.2) is 0 Å². The van der Waals surface area contributed by atoms with E-state index in [1.165, 1.54) is 10.9 Å². The van der Waals surface area contributed by atoms with Gasteiger partial charge in [0.1, 0.15) is 5.75 Å². The second kappa shape index (κ2) is 5.39. The van der Waals surface area contributed by atoms with Crippen LogP contribution < -0.4 is 10.5 Å². The maximum atomic E-state index is 5.78. The third kappa shape index (κ3) is 2.06. The van der Waals surface area contributed by atoms with Crippen LogP contribution in [-0.4, -0.2) is 18.6 Å². The van der Waals surface area contributed by atoms with E-state index in [-0.39, 0.29) is 0 Å². The summed E-state index contributed by atoms with van der Waals surface area (Å²) in [5, 5.41) is 1.24. The highest BCUT2D eigenvalue weighted by Gasteiger charge is 2.15. The molecule has 20 heavy (non-hydrogen) atoms. The number of methoxy groups -OCH3 is 1. The van der Waals surface area contributed by atoms with E-state index in [0.717, 1.165) is 28.9 Å². The number of hydrogen-bond donors (Lipinski definition) is 2. The lowest BCUT2D eigenvalue weighted by Crippen LogP contribution is -2.03. The fourth-order valence-electron chi connectivity index (χ4n) is 2.69. The molecule has 0 fully saturated rings. The first-order valence-corrected chi connectivity index (χ1v) is 6.78. The Balaban J connectivity index is 2.27. The molecule has 0 saturated carbocycles. The number of benzene rings is 2. The maximum Gasteiger partial charge on any atom is 0.128 e. The fourth-order valence-corrected chi connectivity index (χ4v) is 2.69. The van der Waals surface area contributed by atoms with Gasteiger partial charge in [0.05, 0.1) is 12.8 Å². The Kier molecular flexibility index (Phi) is 3.44. The van der Waals surface area contributed by atoms with Crippen molar-refractivity contribution in [2.75, 3.05) is 13.7 Å². The molecule has 3 nitrogen and oxygen atoms in total. The van der Waals surface area contributed by atoms with E-state index in [9.17, 15) is 0 Å². The summed E-state index contributed by atoms with van der Waals surface area (Å²) in [6.07, 6.45) is 0.845. The number of rotatable bonds is 4. The zero-order valence-electron chi connectivity index (χ0n) is 11.5. The molecular formula is C17H18N2O. The Bertz CT molecular complexity index is 731. The highest BCUT2D eigenvalue weighted by Crippen LogP contribution is 2.35. The van der Waals surface area contributed by atoms with Crippen LogP contribution in [0.25, 0.3) is 22.2 Å². The summed E-state index contributed by atoms with van der Waals surface area (Å²) in [4.78, 5) is 3.50. The summed E-state index contributed by atoms with van der Waals surface area (Å²) in [6, 6.07) is 16.4. The van der Waals surface area contributed by atoms with Crippen LogP contribution in [0.4, 0.5) is 0 Å². The Labute approximate surface area is 118 Å². The zero-order chi connectivity index (χ0) is 13.9. The van der Waals surface area contributed by atoms with E-state index in [1.54, 1.807) is 7.11 Å². The van der Waals surface area contributed by atoms with Gasteiger partial charge < -0.3 is 15.5 Å². The molecule has 2 aromatic carbocycles. The molecule has 0 saturated heterocycles. The van der Waals surface area contributed by atoms with Crippen LogP contribution in [0.1, 0.15) is 5.56 Å². The molecule has 0 amide bonds. The van der Waals surface area contributed by atoms with Crippen molar-refractivity contribution in [1.82, 2.24) is 4.98 Å². The molecule has 0 aliphatic rings. The van der Waals surface area contributed by atoms with Crippen molar-refractivity contribution in [3.05, 3.63) is 54.1 Å². The monoisotopic (exact) mass is 266 g/mol. The van der Waals surface area contributed by atoms with Gasteiger partial charge in [-0.05, 0) is 36.7 Å². The maximum absolute atomic E-state index is 5.78. The zero-order valence-corrected chi connectivity index (χ0v) is 11.5. The third-order valence-electron chi connectivity index (χ3n) is 3.58. The Hall–Kier alpha value is -2.26. The Morgan fingerprint density at radius 1 is 1.05 bits per heavy atom. The summed E-state index contributed by atoms with van der Waals surface area (Å²) in [7, 11) is 1.70. The number of H-pyrrole nitrogens is 1. The quantitative estimate of drug-likeness (QED) is 0.761. The van der Waals surface area contributed by atoms with Crippen LogP contribution in [0, 0.1) is 0 Å². The largest absolute Gasteiger partial charge is 0.496 e. The van der Waals surface area contributed by atoms with Gasteiger partial charge in [-0.1, -0.05) is 30.3 Å². The van der Waals surface area contributed by atoms with Crippen molar-refractivity contribution in [3.8, 4) is 17.0 Å². The van der Waals surface area contributed by atoms with Crippen molar-refractivity contribution in [2.45, 2.75) is 6.42 Å². The lowest BCUT2D eigenvalue weighted by molar-refractivity contribution is 0.416. The number of aromatic amines is 1. The molecule has 0 aliphatic carbocycles. The summed E-state index contributed by atoms with van der Waals surface area (Å²) >= 11 is 0. The molecule has 0 radical (unpaired) electrons. The van der Waals surface area contributed by atoms with Crippen LogP contribution in [0.2, 0.25) is 0 Å². The number of ether oxygens (including phenoxy) is 1. The number of nitrogens with one attached hydrogen (secondary N) is 1. The number of nitrogens with two attached hydrogens (primary N) is 1.